The molecule has 1 aliphatic heterocycles. The fraction of sp³-hybridized carbons (Fsp3) is 0.750. The van der Waals surface area contributed by atoms with Crippen molar-refractivity contribution in [2.75, 3.05) is 0 Å². The van der Waals surface area contributed by atoms with E-state index < -0.39 is 18.2 Å². The van der Waals surface area contributed by atoms with Gasteiger partial charge in [-0.1, -0.05) is 13.8 Å². The van der Waals surface area contributed by atoms with E-state index >= 15 is 0 Å². The van der Waals surface area contributed by atoms with Crippen molar-refractivity contribution < 1.29 is 19.1 Å². The first kappa shape index (κ1) is 9.03. The summed E-state index contributed by atoms with van der Waals surface area (Å²) in [5.41, 5.74) is 0. The fourth-order valence-electron chi connectivity index (χ4n) is 1.000. The Labute approximate surface area is 70.8 Å². The smallest absolute Gasteiger partial charge is 0.320 e. The van der Waals surface area contributed by atoms with Gasteiger partial charge in [0.1, 0.15) is 6.42 Å². The number of hydrogen-bond donors (Lipinski definition) is 0. The summed E-state index contributed by atoms with van der Waals surface area (Å²) in [6.45, 7) is 3.94. The molecule has 4 nitrogen and oxygen atoms in total. The number of cyclic esters (lactones) is 2. The van der Waals surface area contributed by atoms with E-state index in [2.05, 4.69) is 0 Å². The highest BCUT2D eigenvalue weighted by atomic mass is 16.7. The Morgan fingerprint density at radius 2 is 1.83 bits per heavy atom. The molecule has 0 aromatic rings. The van der Waals surface area contributed by atoms with E-state index in [1.165, 1.54) is 0 Å². The zero-order valence-electron chi connectivity index (χ0n) is 7.20. The van der Waals surface area contributed by atoms with Crippen LogP contribution >= 0.6 is 0 Å². The predicted octanol–water partition coefficient (Wildman–Crippen LogP) is 0.849. The van der Waals surface area contributed by atoms with Gasteiger partial charge < -0.3 is 9.47 Å². The van der Waals surface area contributed by atoms with Gasteiger partial charge in [-0.25, -0.2) is 0 Å². The molecule has 0 amide bonds. The number of esters is 2. The molecule has 1 aliphatic rings. The molecule has 68 valence electrons. The van der Waals surface area contributed by atoms with E-state index in [-0.39, 0.29) is 6.42 Å². The normalized spacial score (nSPS) is 19.2. The van der Waals surface area contributed by atoms with Crippen LogP contribution in [-0.4, -0.2) is 18.2 Å². The SMILES string of the molecule is CC(C)CC1OC(=O)CC(=O)O1. The average Bonchev–Trinajstić information content (AvgIpc) is 1.81. The fourth-order valence-corrected chi connectivity index (χ4v) is 1.000. The molecule has 0 bridgehead atoms. The van der Waals surface area contributed by atoms with Gasteiger partial charge in [-0.2, -0.15) is 0 Å². The van der Waals surface area contributed by atoms with E-state index in [9.17, 15) is 9.59 Å². The van der Waals surface area contributed by atoms with Crippen molar-refractivity contribution >= 4 is 11.9 Å². The van der Waals surface area contributed by atoms with Crippen LogP contribution in [0.1, 0.15) is 26.7 Å². The highest BCUT2D eigenvalue weighted by Crippen LogP contribution is 2.15. The molecule has 0 spiro atoms. The van der Waals surface area contributed by atoms with Gasteiger partial charge in [0.2, 0.25) is 6.29 Å². The molecule has 0 unspecified atom stereocenters. The highest BCUT2D eigenvalue weighted by molar-refractivity contribution is 5.92. The molecule has 1 heterocycles. The van der Waals surface area contributed by atoms with Crippen LogP contribution in [0.5, 0.6) is 0 Å². The Morgan fingerprint density at radius 3 is 2.25 bits per heavy atom. The van der Waals surface area contributed by atoms with Gasteiger partial charge in [0.05, 0.1) is 0 Å². The molecule has 0 atom stereocenters. The zero-order valence-corrected chi connectivity index (χ0v) is 7.20. The minimum atomic E-state index is -0.668. The lowest BCUT2D eigenvalue weighted by molar-refractivity contribution is -0.205. The largest absolute Gasteiger partial charge is 0.425 e. The maximum atomic E-state index is 10.7. The lowest BCUT2D eigenvalue weighted by Gasteiger charge is -2.23. The number of ether oxygens (including phenoxy) is 2. The summed E-state index contributed by atoms with van der Waals surface area (Å²) in [6, 6.07) is 0. The second kappa shape index (κ2) is 3.56. The van der Waals surface area contributed by atoms with E-state index in [1.807, 2.05) is 13.8 Å². The van der Waals surface area contributed by atoms with Crippen molar-refractivity contribution in [2.45, 2.75) is 33.0 Å². The van der Waals surface area contributed by atoms with Gasteiger partial charge in [0.15, 0.2) is 0 Å². The highest BCUT2D eigenvalue weighted by Gasteiger charge is 2.27. The summed E-state index contributed by atoms with van der Waals surface area (Å²) >= 11 is 0. The minimum absolute atomic E-state index is 0.255. The molecule has 0 aliphatic carbocycles. The van der Waals surface area contributed by atoms with Gasteiger partial charge in [0.25, 0.3) is 0 Å². The molecule has 0 radical (unpaired) electrons. The number of carbonyl (C=O) groups excluding carboxylic acids is 2. The second-order valence-electron chi connectivity index (χ2n) is 3.22. The lowest BCUT2D eigenvalue weighted by Crippen LogP contribution is -2.33. The first-order chi connectivity index (χ1) is 5.58. The van der Waals surface area contributed by atoms with Crippen LogP contribution in [0.2, 0.25) is 0 Å². The summed E-state index contributed by atoms with van der Waals surface area (Å²) in [5, 5.41) is 0. The van der Waals surface area contributed by atoms with Crippen LogP contribution in [-0.2, 0) is 19.1 Å². The van der Waals surface area contributed by atoms with Crippen molar-refractivity contribution in [1.82, 2.24) is 0 Å². The molecular weight excluding hydrogens is 160 g/mol. The van der Waals surface area contributed by atoms with Crippen LogP contribution in [0.4, 0.5) is 0 Å². The summed E-state index contributed by atoms with van der Waals surface area (Å²) in [5.74, 6) is -0.637. The van der Waals surface area contributed by atoms with E-state index in [4.69, 9.17) is 9.47 Å². The van der Waals surface area contributed by atoms with E-state index in [1.54, 1.807) is 0 Å². The Balaban J connectivity index is 2.44. The number of hydrogen-bond acceptors (Lipinski definition) is 4. The Morgan fingerprint density at radius 1 is 1.33 bits per heavy atom. The third kappa shape index (κ3) is 2.53. The molecule has 12 heavy (non-hydrogen) atoms. The predicted molar refractivity (Wildman–Crippen MR) is 40.0 cm³/mol. The first-order valence-electron chi connectivity index (χ1n) is 3.97. The molecule has 0 aromatic carbocycles. The lowest BCUT2D eigenvalue weighted by atomic mass is 10.1. The van der Waals surface area contributed by atoms with Gasteiger partial charge >= 0.3 is 11.9 Å². The van der Waals surface area contributed by atoms with Crippen molar-refractivity contribution in [3.05, 3.63) is 0 Å². The Kier molecular flexibility index (Phi) is 2.68. The van der Waals surface area contributed by atoms with Gasteiger partial charge in [0, 0.05) is 6.42 Å². The van der Waals surface area contributed by atoms with E-state index in [0.717, 1.165) is 0 Å². The van der Waals surface area contributed by atoms with Gasteiger partial charge in [-0.05, 0) is 5.92 Å². The third-order valence-corrected chi connectivity index (χ3v) is 1.48. The van der Waals surface area contributed by atoms with Crippen LogP contribution < -0.4 is 0 Å². The number of carbonyl (C=O) groups is 2. The van der Waals surface area contributed by atoms with Crippen LogP contribution in [0.15, 0.2) is 0 Å². The maximum Gasteiger partial charge on any atom is 0.320 e. The topological polar surface area (TPSA) is 52.6 Å². The maximum absolute atomic E-state index is 10.7. The molecule has 0 N–H and O–H groups in total. The standard InChI is InChI=1S/C8H12O4/c1-5(2)3-8-11-6(9)4-7(10)12-8/h5,8H,3-4H2,1-2H3. The molecule has 0 saturated carbocycles. The van der Waals surface area contributed by atoms with Gasteiger partial charge in [-0.15, -0.1) is 0 Å². The number of rotatable bonds is 2. The van der Waals surface area contributed by atoms with Crippen molar-refractivity contribution in [1.29, 1.82) is 0 Å². The third-order valence-electron chi connectivity index (χ3n) is 1.48. The molecule has 1 fully saturated rings. The Hall–Kier alpha value is -1.06. The summed E-state index contributed by atoms with van der Waals surface area (Å²) < 4.78 is 9.57. The van der Waals surface area contributed by atoms with Crippen molar-refractivity contribution in [2.24, 2.45) is 5.92 Å². The average molecular weight is 172 g/mol. The van der Waals surface area contributed by atoms with Crippen molar-refractivity contribution in [3.63, 3.8) is 0 Å². The second-order valence-corrected chi connectivity index (χ2v) is 3.22. The molecule has 4 heteroatoms. The molecule has 1 rings (SSSR count). The van der Waals surface area contributed by atoms with Crippen LogP contribution in [0.3, 0.4) is 0 Å². The summed E-state index contributed by atoms with van der Waals surface area (Å²) in [4.78, 5) is 21.5. The van der Waals surface area contributed by atoms with E-state index in [0.29, 0.717) is 12.3 Å². The zero-order chi connectivity index (χ0) is 9.14. The van der Waals surface area contributed by atoms with Crippen molar-refractivity contribution in [3.8, 4) is 0 Å². The first-order valence-corrected chi connectivity index (χ1v) is 3.97. The summed E-state index contributed by atoms with van der Waals surface area (Å²) in [7, 11) is 0. The quantitative estimate of drug-likeness (QED) is 0.457. The Bertz CT molecular complexity index is 181. The van der Waals surface area contributed by atoms with Crippen LogP contribution in [0.25, 0.3) is 0 Å². The molecular formula is C8H12O4. The minimum Gasteiger partial charge on any atom is -0.425 e. The summed E-state index contributed by atoms with van der Waals surface area (Å²) in [6.07, 6.45) is -0.356. The molecule has 0 aromatic heterocycles. The molecule has 1 saturated heterocycles. The van der Waals surface area contributed by atoms with Gasteiger partial charge in [-0.3, -0.25) is 9.59 Å². The van der Waals surface area contributed by atoms with Crippen LogP contribution in [0, 0.1) is 5.92 Å². The monoisotopic (exact) mass is 172 g/mol.